The lowest BCUT2D eigenvalue weighted by atomic mass is 9.95. The molecule has 2 N–H and O–H groups in total. The lowest BCUT2D eigenvalue weighted by molar-refractivity contribution is -0.125. The molecule has 3 aliphatic rings. The van der Waals surface area contributed by atoms with Gasteiger partial charge in [0.2, 0.25) is 5.91 Å². The number of imide groups is 1. The number of carbonyl (C=O) groups is 3. The number of hydrogen-bond acceptors (Lipinski definition) is 5. The summed E-state index contributed by atoms with van der Waals surface area (Å²) in [5, 5.41) is 11.7. The molecule has 4 rings (SSSR count). The summed E-state index contributed by atoms with van der Waals surface area (Å²) in [5.74, 6) is -0.593. The van der Waals surface area contributed by atoms with E-state index in [1.807, 2.05) is 12.1 Å². The first kappa shape index (κ1) is 21.8. The third-order valence-corrected chi connectivity index (χ3v) is 6.91. The molecular weight excluding hydrogens is 394 g/mol. The van der Waals surface area contributed by atoms with Crippen LogP contribution in [0.3, 0.4) is 0 Å². The first-order valence-electron chi connectivity index (χ1n) is 11.8. The molecule has 1 atom stereocenters. The van der Waals surface area contributed by atoms with E-state index in [0.29, 0.717) is 17.7 Å². The molecule has 31 heavy (non-hydrogen) atoms. The fourth-order valence-corrected chi connectivity index (χ4v) is 5.31. The molecule has 168 valence electrons. The van der Waals surface area contributed by atoms with E-state index in [9.17, 15) is 14.4 Å². The van der Waals surface area contributed by atoms with Gasteiger partial charge in [-0.15, -0.1) is 0 Å². The summed E-state index contributed by atoms with van der Waals surface area (Å²) in [7, 11) is 0. The molecule has 1 aromatic rings. The molecule has 0 aromatic heterocycles. The highest BCUT2D eigenvalue weighted by Gasteiger charge is 2.42. The molecule has 7 heteroatoms. The second-order valence-corrected chi connectivity index (χ2v) is 8.98. The molecule has 0 spiro atoms. The predicted octanol–water partition coefficient (Wildman–Crippen LogP) is 2.72. The van der Waals surface area contributed by atoms with Crippen molar-refractivity contribution < 1.29 is 19.5 Å². The first-order valence-corrected chi connectivity index (χ1v) is 11.8. The Hall–Kier alpha value is -2.41. The molecule has 2 heterocycles. The molecular formula is C24H33N3O4. The summed E-state index contributed by atoms with van der Waals surface area (Å²) < 4.78 is 0. The Morgan fingerprint density at radius 3 is 2.48 bits per heavy atom. The summed E-state index contributed by atoms with van der Waals surface area (Å²) in [6, 6.07) is 5.49. The molecule has 1 saturated heterocycles. The van der Waals surface area contributed by atoms with Gasteiger partial charge in [-0.1, -0.05) is 38.2 Å². The molecule has 1 saturated carbocycles. The highest BCUT2D eigenvalue weighted by atomic mass is 16.3. The molecule has 0 unspecified atom stereocenters. The number of aliphatic hydroxyl groups excluding tert-OH is 1. The number of amides is 3. The van der Waals surface area contributed by atoms with E-state index in [4.69, 9.17) is 5.11 Å². The van der Waals surface area contributed by atoms with Gasteiger partial charge in [0, 0.05) is 25.7 Å². The number of piperidine rings is 1. The van der Waals surface area contributed by atoms with Gasteiger partial charge in [0.1, 0.15) is 0 Å². The minimum Gasteiger partial charge on any atom is -0.395 e. The third kappa shape index (κ3) is 4.47. The van der Waals surface area contributed by atoms with Gasteiger partial charge in [-0.05, 0) is 37.8 Å². The fourth-order valence-electron chi connectivity index (χ4n) is 5.31. The van der Waals surface area contributed by atoms with E-state index in [0.717, 1.165) is 50.8 Å². The largest absolute Gasteiger partial charge is 0.395 e. The van der Waals surface area contributed by atoms with Gasteiger partial charge in [0.05, 0.1) is 29.3 Å². The number of benzene rings is 1. The highest BCUT2D eigenvalue weighted by Crippen LogP contribution is 2.36. The quantitative estimate of drug-likeness (QED) is 0.706. The van der Waals surface area contributed by atoms with Crippen molar-refractivity contribution in [3.63, 3.8) is 0 Å². The Labute approximate surface area is 183 Å². The van der Waals surface area contributed by atoms with Crippen LogP contribution in [0.25, 0.3) is 0 Å². The van der Waals surface area contributed by atoms with Crippen molar-refractivity contribution >= 4 is 23.4 Å². The molecule has 1 aromatic carbocycles. The summed E-state index contributed by atoms with van der Waals surface area (Å²) in [6.07, 6.45) is 9.08. The van der Waals surface area contributed by atoms with Crippen LogP contribution in [0, 0.1) is 5.92 Å². The van der Waals surface area contributed by atoms with Crippen molar-refractivity contribution in [3.05, 3.63) is 29.3 Å². The lowest BCUT2D eigenvalue weighted by Gasteiger charge is -2.34. The van der Waals surface area contributed by atoms with Gasteiger partial charge in [0.15, 0.2) is 0 Å². The molecule has 2 aliphatic heterocycles. The number of rotatable bonds is 5. The fraction of sp³-hybridized carbons (Fsp3) is 0.625. The minimum absolute atomic E-state index is 0.0149. The standard InChI is InChI=1S/C24H33N3O4/c28-15-13-25-22(29)17-8-7-14-26(16-17)20-12-6-11-19-21(20)24(31)27(23(19)30)18-9-4-2-1-3-5-10-18/h6,11-12,17-18,28H,1-5,7-10,13-16H2,(H,25,29)/t17-/m1/s1. The maximum atomic E-state index is 13.5. The van der Waals surface area contributed by atoms with Gasteiger partial charge in [0.25, 0.3) is 11.8 Å². The lowest BCUT2D eigenvalue weighted by Crippen LogP contribution is -2.44. The Bertz CT molecular complexity index is 832. The number of anilines is 1. The van der Waals surface area contributed by atoms with Crippen LogP contribution < -0.4 is 10.2 Å². The molecule has 0 bridgehead atoms. The Balaban J connectivity index is 1.56. The Kier molecular flexibility index (Phi) is 6.90. The van der Waals surface area contributed by atoms with Crippen LogP contribution in [-0.4, -0.2) is 60.0 Å². The Morgan fingerprint density at radius 2 is 1.74 bits per heavy atom. The predicted molar refractivity (Wildman–Crippen MR) is 118 cm³/mol. The molecule has 7 nitrogen and oxygen atoms in total. The first-order chi connectivity index (χ1) is 15.1. The van der Waals surface area contributed by atoms with Crippen molar-refractivity contribution in [1.82, 2.24) is 10.2 Å². The monoisotopic (exact) mass is 427 g/mol. The number of carbonyl (C=O) groups excluding carboxylic acids is 3. The third-order valence-electron chi connectivity index (χ3n) is 6.91. The molecule has 1 aliphatic carbocycles. The zero-order valence-corrected chi connectivity index (χ0v) is 18.1. The van der Waals surface area contributed by atoms with E-state index < -0.39 is 0 Å². The number of nitrogens with zero attached hydrogens (tertiary/aromatic N) is 2. The number of fused-ring (bicyclic) bond motifs is 1. The number of aliphatic hydroxyl groups is 1. The highest BCUT2D eigenvalue weighted by molar-refractivity contribution is 6.24. The zero-order chi connectivity index (χ0) is 21.8. The van der Waals surface area contributed by atoms with Gasteiger partial charge in [-0.2, -0.15) is 0 Å². The number of nitrogens with one attached hydrogen (secondary N) is 1. The summed E-state index contributed by atoms with van der Waals surface area (Å²) in [4.78, 5) is 42.8. The summed E-state index contributed by atoms with van der Waals surface area (Å²) in [5.41, 5.74) is 1.77. The second-order valence-electron chi connectivity index (χ2n) is 8.98. The van der Waals surface area contributed by atoms with Crippen LogP contribution in [0.15, 0.2) is 18.2 Å². The molecule has 2 fully saturated rings. The summed E-state index contributed by atoms with van der Waals surface area (Å²) in [6.45, 7) is 1.44. The van der Waals surface area contributed by atoms with E-state index in [-0.39, 0.29) is 42.8 Å². The van der Waals surface area contributed by atoms with E-state index in [1.165, 1.54) is 24.2 Å². The average Bonchev–Trinajstić information content (AvgIpc) is 3.02. The van der Waals surface area contributed by atoms with Gasteiger partial charge < -0.3 is 15.3 Å². The zero-order valence-electron chi connectivity index (χ0n) is 18.1. The van der Waals surface area contributed by atoms with E-state index >= 15 is 0 Å². The Morgan fingerprint density at radius 1 is 1.00 bits per heavy atom. The normalized spacial score (nSPS) is 22.8. The smallest absolute Gasteiger partial charge is 0.263 e. The number of hydrogen-bond donors (Lipinski definition) is 2. The van der Waals surface area contributed by atoms with Crippen LogP contribution in [0.1, 0.15) is 78.5 Å². The van der Waals surface area contributed by atoms with Crippen molar-refractivity contribution in [2.45, 2.75) is 63.8 Å². The van der Waals surface area contributed by atoms with Crippen LogP contribution in [0.5, 0.6) is 0 Å². The minimum atomic E-state index is -0.190. The van der Waals surface area contributed by atoms with E-state index in [2.05, 4.69) is 10.2 Å². The van der Waals surface area contributed by atoms with Gasteiger partial charge >= 0.3 is 0 Å². The maximum absolute atomic E-state index is 13.5. The SMILES string of the molecule is O=C(NCCO)[C@@H]1CCCN(c2cccc3c2C(=O)N(C2CCCCCCC2)C3=O)C1. The topological polar surface area (TPSA) is 89.9 Å². The van der Waals surface area contributed by atoms with Crippen LogP contribution in [0.2, 0.25) is 0 Å². The van der Waals surface area contributed by atoms with Crippen LogP contribution in [0.4, 0.5) is 5.69 Å². The summed E-state index contributed by atoms with van der Waals surface area (Å²) >= 11 is 0. The maximum Gasteiger partial charge on any atom is 0.263 e. The van der Waals surface area contributed by atoms with Crippen LogP contribution >= 0.6 is 0 Å². The van der Waals surface area contributed by atoms with Gasteiger partial charge in [-0.25, -0.2) is 0 Å². The van der Waals surface area contributed by atoms with Crippen molar-refractivity contribution in [2.24, 2.45) is 5.92 Å². The van der Waals surface area contributed by atoms with Crippen molar-refractivity contribution in [3.8, 4) is 0 Å². The van der Waals surface area contributed by atoms with Crippen molar-refractivity contribution in [2.75, 3.05) is 31.1 Å². The average molecular weight is 428 g/mol. The second kappa shape index (κ2) is 9.81. The van der Waals surface area contributed by atoms with Gasteiger partial charge in [-0.3, -0.25) is 19.3 Å². The van der Waals surface area contributed by atoms with E-state index in [1.54, 1.807) is 6.07 Å². The molecule has 0 radical (unpaired) electrons. The van der Waals surface area contributed by atoms with Crippen LogP contribution in [-0.2, 0) is 4.79 Å². The molecule has 3 amide bonds. The van der Waals surface area contributed by atoms with Crippen molar-refractivity contribution in [1.29, 1.82) is 0 Å².